The molecule has 2 aromatic heterocycles. The zero-order valence-electron chi connectivity index (χ0n) is 17.6. The van der Waals surface area contributed by atoms with E-state index in [9.17, 15) is 9.18 Å². The smallest absolute Gasteiger partial charge is 0.237 e. The topological polar surface area (TPSA) is 87.9 Å². The normalized spacial score (nSPS) is 10.7. The molecule has 2 aromatic carbocycles. The number of nitriles is 1. The van der Waals surface area contributed by atoms with Gasteiger partial charge in [0.25, 0.3) is 0 Å². The van der Waals surface area contributed by atoms with Gasteiger partial charge in [-0.25, -0.2) is 4.39 Å². The number of aromatic nitrogens is 3. The molecule has 0 N–H and O–H groups in total. The van der Waals surface area contributed by atoms with Crippen LogP contribution in [0.5, 0.6) is 0 Å². The van der Waals surface area contributed by atoms with Crippen molar-refractivity contribution in [3.8, 4) is 17.7 Å². The standard InChI is InChI=1S/C24H20FN5O2S/c25-19-9-11-20(12-10-19)29(14-5-13-26)22(31)17-33-24-28-27-23(21-8-4-15-32-21)30(24)16-18-6-2-1-3-7-18/h1-4,6-12,15H,5,14,16-17H2. The molecule has 4 aromatic rings. The van der Waals surface area contributed by atoms with Gasteiger partial charge in [-0.05, 0) is 42.0 Å². The van der Waals surface area contributed by atoms with Crippen molar-refractivity contribution in [3.05, 3.63) is 84.4 Å². The molecule has 1 amide bonds. The highest BCUT2D eigenvalue weighted by Crippen LogP contribution is 2.26. The van der Waals surface area contributed by atoms with Crippen LogP contribution in [0.2, 0.25) is 0 Å². The second-order valence-electron chi connectivity index (χ2n) is 7.07. The summed E-state index contributed by atoms with van der Waals surface area (Å²) in [5.41, 5.74) is 1.60. The zero-order chi connectivity index (χ0) is 23.0. The summed E-state index contributed by atoms with van der Waals surface area (Å²) in [4.78, 5) is 14.5. The molecule has 7 nitrogen and oxygen atoms in total. The summed E-state index contributed by atoms with van der Waals surface area (Å²) < 4.78 is 20.8. The summed E-state index contributed by atoms with van der Waals surface area (Å²) >= 11 is 1.25. The third-order valence-corrected chi connectivity index (χ3v) is 5.80. The van der Waals surface area contributed by atoms with Gasteiger partial charge in [0.15, 0.2) is 10.9 Å². The van der Waals surface area contributed by atoms with Crippen LogP contribution in [-0.2, 0) is 11.3 Å². The van der Waals surface area contributed by atoms with E-state index >= 15 is 0 Å². The van der Waals surface area contributed by atoms with E-state index in [0.29, 0.717) is 29.0 Å². The van der Waals surface area contributed by atoms with Crippen molar-refractivity contribution < 1.29 is 13.6 Å². The molecule has 0 radical (unpaired) electrons. The molecular weight excluding hydrogens is 441 g/mol. The highest BCUT2D eigenvalue weighted by Gasteiger charge is 2.20. The van der Waals surface area contributed by atoms with Crippen LogP contribution in [0, 0.1) is 17.1 Å². The van der Waals surface area contributed by atoms with Gasteiger partial charge in [0.05, 0.1) is 31.1 Å². The number of thioether (sulfide) groups is 1. The fourth-order valence-electron chi connectivity index (χ4n) is 3.28. The maximum atomic E-state index is 13.3. The van der Waals surface area contributed by atoms with E-state index in [-0.39, 0.29) is 30.4 Å². The Labute approximate surface area is 194 Å². The van der Waals surface area contributed by atoms with Crippen molar-refractivity contribution in [1.82, 2.24) is 14.8 Å². The molecule has 4 rings (SSSR count). The molecule has 0 aliphatic rings. The average molecular weight is 462 g/mol. The first kappa shape index (κ1) is 22.3. The third kappa shape index (κ3) is 5.48. The van der Waals surface area contributed by atoms with Gasteiger partial charge in [-0.3, -0.25) is 9.36 Å². The van der Waals surface area contributed by atoms with Crippen LogP contribution < -0.4 is 4.90 Å². The van der Waals surface area contributed by atoms with Crippen molar-refractivity contribution in [2.45, 2.75) is 18.1 Å². The summed E-state index contributed by atoms with van der Waals surface area (Å²) in [5, 5.41) is 18.1. The zero-order valence-corrected chi connectivity index (χ0v) is 18.4. The second-order valence-corrected chi connectivity index (χ2v) is 8.02. The Kier molecular flexibility index (Phi) is 7.17. The van der Waals surface area contributed by atoms with Gasteiger partial charge in [0.2, 0.25) is 11.7 Å². The molecule has 2 heterocycles. The summed E-state index contributed by atoms with van der Waals surface area (Å²) in [7, 11) is 0. The van der Waals surface area contributed by atoms with E-state index < -0.39 is 0 Å². The van der Waals surface area contributed by atoms with Gasteiger partial charge in [-0.1, -0.05) is 42.1 Å². The van der Waals surface area contributed by atoms with E-state index in [1.807, 2.05) is 41.0 Å². The summed E-state index contributed by atoms with van der Waals surface area (Å²) in [6.07, 6.45) is 1.74. The van der Waals surface area contributed by atoms with E-state index in [2.05, 4.69) is 16.3 Å². The highest BCUT2D eigenvalue weighted by atomic mass is 32.2. The van der Waals surface area contributed by atoms with Crippen molar-refractivity contribution in [2.75, 3.05) is 17.2 Å². The highest BCUT2D eigenvalue weighted by molar-refractivity contribution is 7.99. The Bertz CT molecular complexity index is 1230. The van der Waals surface area contributed by atoms with Crippen molar-refractivity contribution >= 4 is 23.4 Å². The number of carbonyl (C=O) groups is 1. The van der Waals surface area contributed by atoms with Crippen LogP contribution >= 0.6 is 11.8 Å². The largest absolute Gasteiger partial charge is 0.461 e. The number of nitrogens with zero attached hydrogens (tertiary/aromatic N) is 5. The SMILES string of the molecule is N#CCCN(C(=O)CSc1nnc(-c2ccco2)n1Cc1ccccc1)c1ccc(F)cc1. The first-order valence-electron chi connectivity index (χ1n) is 10.2. The summed E-state index contributed by atoms with van der Waals surface area (Å²) in [6, 6.07) is 21.2. The second kappa shape index (κ2) is 10.6. The molecule has 0 unspecified atom stereocenters. The monoisotopic (exact) mass is 461 g/mol. The average Bonchev–Trinajstić information content (AvgIpc) is 3.50. The molecule has 0 fully saturated rings. The van der Waals surface area contributed by atoms with Gasteiger partial charge in [-0.2, -0.15) is 5.26 Å². The lowest BCUT2D eigenvalue weighted by atomic mass is 10.2. The number of hydrogen-bond acceptors (Lipinski definition) is 6. The number of halogens is 1. The minimum atomic E-state index is -0.389. The maximum Gasteiger partial charge on any atom is 0.237 e. The van der Waals surface area contributed by atoms with Crippen LogP contribution in [0.4, 0.5) is 10.1 Å². The van der Waals surface area contributed by atoms with Gasteiger partial charge in [0, 0.05) is 12.2 Å². The van der Waals surface area contributed by atoms with Crippen LogP contribution in [0.15, 0.2) is 82.6 Å². The Hall–Kier alpha value is -3.90. The molecule has 9 heteroatoms. The molecule has 0 bridgehead atoms. The Morgan fingerprint density at radius 3 is 2.58 bits per heavy atom. The van der Waals surface area contributed by atoms with Gasteiger partial charge in [0.1, 0.15) is 5.82 Å². The van der Waals surface area contributed by atoms with E-state index in [0.717, 1.165) is 5.56 Å². The lowest BCUT2D eigenvalue weighted by Gasteiger charge is -2.21. The fraction of sp³-hybridized carbons (Fsp3) is 0.167. The Morgan fingerprint density at radius 1 is 1.09 bits per heavy atom. The Balaban J connectivity index is 1.55. The van der Waals surface area contributed by atoms with Crippen molar-refractivity contribution in [3.63, 3.8) is 0 Å². The number of rotatable bonds is 9. The molecule has 0 spiro atoms. The van der Waals surface area contributed by atoms with Gasteiger partial charge in [-0.15, -0.1) is 10.2 Å². The number of benzene rings is 2. The molecule has 33 heavy (non-hydrogen) atoms. The molecule has 0 saturated carbocycles. The lowest BCUT2D eigenvalue weighted by Crippen LogP contribution is -2.33. The Morgan fingerprint density at radius 2 is 1.88 bits per heavy atom. The van der Waals surface area contributed by atoms with E-state index in [1.54, 1.807) is 12.3 Å². The molecule has 0 atom stereocenters. The molecular formula is C24H20FN5O2S. The van der Waals surface area contributed by atoms with Crippen molar-refractivity contribution in [2.24, 2.45) is 0 Å². The summed E-state index contributed by atoms with van der Waals surface area (Å²) in [5.74, 6) is 0.627. The first-order chi connectivity index (χ1) is 16.2. The number of furan rings is 1. The molecule has 0 saturated heterocycles. The maximum absolute atomic E-state index is 13.3. The molecule has 166 valence electrons. The lowest BCUT2D eigenvalue weighted by molar-refractivity contribution is -0.116. The van der Waals surface area contributed by atoms with E-state index in [4.69, 9.17) is 9.68 Å². The quantitative estimate of drug-likeness (QED) is 0.334. The predicted molar refractivity (Wildman–Crippen MR) is 123 cm³/mol. The van der Waals surface area contributed by atoms with Crippen LogP contribution in [0.1, 0.15) is 12.0 Å². The third-order valence-electron chi connectivity index (χ3n) is 4.85. The minimum Gasteiger partial charge on any atom is -0.461 e. The summed E-state index contributed by atoms with van der Waals surface area (Å²) in [6.45, 7) is 0.729. The van der Waals surface area contributed by atoms with Crippen LogP contribution in [0.3, 0.4) is 0 Å². The minimum absolute atomic E-state index is 0.0773. The predicted octanol–water partition coefficient (Wildman–Crippen LogP) is 4.76. The fourth-order valence-corrected chi connectivity index (χ4v) is 4.09. The van der Waals surface area contributed by atoms with Gasteiger partial charge >= 0.3 is 0 Å². The van der Waals surface area contributed by atoms with E-state index in [1.165, 1.54) is 40.9 Å². The van der Waals surface area contributed by atoms with Crippen LogP contribution in [-0.4, -0.2) is 33.0 Å². The van der Waals surface area contributed by atoms with Crippen LogP contribution in [0.25, 0.3) is 11.6 Å². The first-order valence-corrected chi connectivity index (χ1v) is 11.2. The number of hydrogen-bond donors (Lipinski definition) is 0. The number of anilines is 1. The van der Waals surface area contributed by atoms with Crippen molar-refractivity contribution in [1.29, 1.82) is 5.26 Å². The molecule has 0 aliphatic carbocycles. The number of amides is 1. The van der Waals surface area contributed by atoms with Gasteiger partial charge < -0.3 is 9.32 Å². The molecule has 0 aliphatic heterocycles. The number of carbonyl (C=O) groups excluding carboxylic acids is 1.